The number of para-hydroxylation sites is 1. The Morgan fingerprint density at radius 1 is 1.27 bits per heavy atom. The van der Waals surface area contributed by atoms with E-state index >= 15 is 0 Å². The van der Waals surface area contributed by atoms with Gasteiger partial charge in [0.1, 0.15) is 5.56 Å². The van der Waals surface area contributed by atoms with Crippen molar-refractivity contribution < 1.29 is 5.11 Å². The van der Waals surface area contributed by atoms with Crippen molar-refractivity contribution in [1.82, 2.24) is 14.5 Å². The molecule has 1 aromatic heterocycles. The smallest absolute Gasteiger partial charge is 0.335 e. The third-order valence-corrected chi connectivity index (χ3v) is 4.13. The monoisotopic (exact) mass is 358 g/mol. The number of hydrogen-bond acceptors (Lipinski definition) is 5. The zero-order valence-electron chi connectivity index (χ0n) is 15.7. The Labute approximate surface area is 152 Å². The summed E-state index contributed by atoms with van der Waals surface area (Å²) in [7, 11) is 3.97. The SMILES string of the molecule is CCC(=NCCCN(C)C)c1c(O)n(-c2ccccc2C)c(=O)[nH]c1=O. The molecule has 0 fully saturated rings. The topological polar surface area (TPSA) is 90.7 Å². The van der Waals surface area contributed by atoms with Crippen LogP contribution in [0.15, 0.2) is 38.8 Å². The van der Waals surface area contributed by atoms with Gasteiger partial charge in [0.15, 0.2) is 0 Å². The quantitative estimate of drug-likeness (QED) is 0.582. The summed E-state index contributed by atoms with van der Waals surface area (Å²) in [5, 5.41) is 10.7. The number of H-pyrrole nitrogens is 1. The van der Waals surface area contributed by atoms with Crippen LogP contribution in [0.25, 0.3) is 5.69 Å². The van der Waals surface area contributed by atoms with E-state index in [1.165, 1.54) is 0 Å². The second-order valence-electron chi connectivity index (χ2n) is 6.42. The van der Waals surface area contributed by atoms with Crippen molar-refractivity contribution in [2.75, 3.05) is 27.2 Å². The predicted octanol–water partition coefficient (Wildman–Crippen LogP) is 1.69. The molecule has 1 aromatic carbocycles. The molecule has 0 saturated carbocycles. The Hall–Kier alpha value is -2.67. The lowest BCUT2D eigenvalue weighted by molar-refractivity contribution is 0.403. The van der Waals surface area contributed by atoms with Crippen LogP contribution in [0.3, 0.4) is 0 Å². The van der Waals surface area contributed by atoms with Gasteiger partial charge in [0.05, 0.1) is 11.4 Å². The Kier molecular flexibility index (Phi) is 6.52. The van der Waals surface area contributed by atoms with Gasteiger partial charge < -0.3 is 10.0 Å². The molecule has 0 atom stereocenters. The summed E-state index contributed by atoms with van der Waals surface area (Å²) in [6.45, 7) is 5.13. The number of benzene rings is 1. The molecule has 0 unspecified atom stereocenters. The standard InChI is InChI=1S/C19H26N4O3/c1-5-14(20-11-8-12-22(3)4)16-17(24)21-19(26)23(18(16)25)15-10-7-6-9-13(15)2/h6-7,9-10,25H,5,8,11-12H2,1-4H3,(H,21,24,26). The molecule has 0 radical (unpaired) electrons. The van der Waals surface area contributed by atoms with Crippen LogP contribution >= 0.6 is 0 Å². The van der Waals surface area contributed by atoms with Crippen molar-refractivity contribution in [2.24, 2.45) is 4.99 Å². The first kappa shape index (κ1) is 19.7. The van der Waals surface area contributed by atoms with Gasteiger partial charge in [0.25, 0.3) is 5.56 Å². The van der Waals surface area contributed by atoms with Crippen molar-refractivity contribution in [1.29, 1.82) is 0 Å². The fourth-order valence-electron chi connectivity index (χ4n) is 2.79. The molecule has 0 aliphatic rings. The molecule has 0 aliphatic carbocycles. The first-order valence-electron chi connectivity index (χ1n) is 8.69. The van der Waals surface area contributed by atoms with Crippen molar-refractivity contribution in [3.05, 3.63) is 56.2 Å². The number of aromatic hydroxyl groups is 1. The molecule has 140 valence electrons. The summed E-state index contributed by atoms with van der Waals surface area (Å²) in [5.41, 5.74) is 0.587. The summed E-state index contributed by atoms with van der Waals surface area (Å²) in [5.74, 6) is -0.374. The first-order valence-corrected chi connectivity index (χ1v) is 8.69. The van der Waals surface area contributed by atoms with Gasteiger partial charge in [0.2, 0.25) is 5.88 Å². The Balaban J connectivity index is 2.54. The molecule has 0 amide bonds. The first-order chi connectivity index (χ1) is 12.4. The summed E-state index contributed by atoms with van der Waals surface area (Å²) in [6, 6.07) is 7.17. The molecule has 1 heterocycles. The molecule has 2 N–H and O–H groups in total. The highest BCUT2D eigenvalue weighted by molar-refractivity contribution is 6.02. The molecule has 0 aliphatic heterocycles. The minimum Gasteiger partial charge on any atom is -0.493 e. The van der Waals surface area contributed by atoms with Gasteiger partial charge in [-0.1, -0.05) is 25.1 Å². The third kappa shape index (κ3) is 4.29. The highest BCUT2D eigenvalue weighted by Gasteiger charge is 2.19. The molecular weight excluding hydrogens is 332 g/mol. The van der Waals surface area contributed by atoms with Gasteiger partial charge in [0, 0.05) is 6.54 Å². The highest BCUT2D eigenvalue weighted by Crippen LogP contribution is 2.20. The number of hydrogen-bond donors (Lipinski definition) is 2. The van der Waals surface area contributed by atoms with Crippen LogP contribution in [0.1, 0.15) is 30.9 Å². The van der Waals surface area contributed by atoms with Gasteiger partial charge in [-0.25, -0.2) is 9.36 Å². The van der Waals surface area contributed by atoms with Crippen LogP contribution < -0.4 is 11.2 Å². The lowest BCUT2D eigenvalue weighted by Crippen LogP contribution is -2.33. The van der Waals surface area contributed by atoms with Gasteiger partial charge in [-0.3, -0.25) is 14.8 Å². The maximum atomic E-state index is 12.4. The normalized spacial score (nSPS) is 12.0. The number of aliphatic imine (C=N–C) groups is 1. The summed E-state index contributed by atoms with van der Waals surface area (Å²) < 4.78 is 1.12. The minimum atomic E-state index is -0.673. The van der Waals surface area contributed by atoms with Crippen molar-refractivity contribution in [3.63, 3.8) is 0 Å². The highest BCUT2D eigenvalue weighted by atomic mass is 16.3. The van der Waals surface area contributed by atoms with Crippen LogP contribution in [0.2, 0.25) is 0 Å². The lowest BCUT2D eigenvalue weighted by Gasteiger charge is -2.14. The minimum absolute atomic E-state index is 0.0557. The summed E-state index contributed by atoms with van der Waals surface area (Å²) in [6.07, 6.45) is 1.32. The van der Waals surface area contributed by atoms with E-state index in [9.17, 15) is 14.7 Å². The van der Waals surface area contributed by atoms with Crippen molar-refractivity contribution in [2.45, 2.75) is 26.7 Å². The maximum absolute atomic E-state index is 12.4. The van der Waals surface area contributed by atoms with Crippen molar-refractivity contribution in [3.8, 4) is 11.6 Å². The number of aryl methyl sites for hydroxylation is 1. The summed E-state index contributed by atoms with van der Waals surface area (Å²) >= 11 is 0. The van der Waals surface area contributed by atoms with E-state index in [0.29, 0.717) is 24.4 Å². The average Bonchev–Trinajstić information content (AvgIpc) is 2.58. The van der Waals surface area contributed by atoms with E-state index < -0.39 is 11.2 Å². The average molecular weight is 358 g/mol. The summed E-state index contributed by atoms with van der Waals surface area (Å²) in [4.78, 5) is 33.5. The molecule has 2 aromatic rings. The second-order valence-corrected chi connectivity index (χ2v) is 6.42. The van der Waals surface area contributed by atoms with E-state index in [1.54, 1.807) is 12.1 Å². The van der Waals surface area contributed by atoms with Crippen LogP contribution in [0.5, 0.6) is 5.88 Å². The maximum Gasteiger partial charge on any atom is 0.335 e. The van der Waals surface area contributed by atoms with E-state index in [2.05, 4.69) is 14.9 Å². The molecule has 7 nitrogen and oxygen atoms in total. The fourth-order valence-corrected chi connectivity index (χ4v) is 2.79. The third-order valence-electron chi connectivity index (χ3n) is 4.13. The Bertz CT molecular complexity index is 910. The lowest BCUT2D eigenvalue weighted by atomic mass is 10.1. The van der Waals surface area contributed by atoms with E-state index in [0.717, 1.165) is 23.1 Å². The zero-order chi connectivity index (χ0) is 19.3. The fraction of sp³-hybridized carbons (Fsp3) is 0.421. The van der Waals surface area contributed by atoms with Gasteiger partial charge in [-0.05, 0) is 52.0 Å². The largest absolute Gasteiger partial charge is 0.493 e. The van der Waals surface area contributed by atoms with Crippen LogP contribution in [-0.4, -0.2) is 52.5 Å². The molecule has 7 heteroatoms. The van der Waals surface area contributed by atoms with Crippen molar-refractivity contribution >= 4 is 5.71 Å². The van der Waals surface area contributed by atoms with Gasteiger partial charge in [-0.2, -0.15) is 0 Å². The second kappa shape index (κ2) is 8.62. The van der Waals surface area contributed by atoms with Crippen LogP contribution in [0, 0.1) is 6.92 Å². The molecule has 26 heavy (non-hydrogen) atoms. The van der Waals surface area contributed by atoms with Gasteiger partial charge >= 0.3 is 5.69 Å². The van der Waals surface area contributed by atoms with E-state index in [-0.39, 0.29) is 11.4 Å². The van der Waals surface area contributed by atoms with Crippen LogP contribution in [-0.2, 0) is 0 Å². The molecule has 0 bridgehead atoms. The van der Waals surface area contributed by atoms with Gasteiger partial charge in [-0.15, -0.1) is 0 Å². The number of aromatic nitrogens is 2. The Morgan fingerprint density at radius 2 is 1.96 bits per heavy atom. The van der Waals surface area contributed by atoms with E-state index in [4.69, 9.17) is 0 Å². The zero-order valence-corrected chi connectivity index (χ0v) is 15.7. The number of aromatic amines is 1. The van der Waals surface area contributed by atoms with E-state index in [1.807, 2.05) is 40.1 Å². The molecule has 0 saturated heterocycles. The number of nitrogens with zero attached hydrogens (tertiary/aromatic N) is 3. The molecular formula is C19H26N4O3. The predicted molar refractivity (Wildman–Crippen MR) is 104 cm³/mol. The Morgan fingerprint density at radius 3 is 2.58 bits per heavy atom. The molecule has 0 spiro atoms. The number of rotatable bonds is 7. The van der Waals surface area contributed by atoms with Crippen LogP contribution in [0.4, 0.5) is 0 Å². The number of nitrogens with one attached hydrogen (secondary N) is 1. The molecule has 2 rings (SSSR count).